The first kappa shape index (κ1) is 21.4. The number of amidine groups is 1. The third-order valence-corrected chi connectivity index (χ3v) is 6.28. The molecule has 0 bridgehead atoms. The van der Waals surface area contributed by atoms with Crippen LogP contribution in [0.4, 0.5) is 0 Å². The highest BCUT2D eigenvalue weighted by atomic mass is 79.9. The summed E-state index contributed by atoms with van der Waals surface area (Å²) in [5.74, 6) is -0.248. The maximum absolute atomic E-state index is 12.9. The van der Waals surface area contributed by atoms with Gasteiger partial charge in [0.05, 0.1) is 10.9 Å². The molecule has 2 aliphatic rings. The van der Waals surface area contributed by atoms with Crippen LogP contribution in [0.1, 0.15) is 22.1 Å². The number of hydrazone groups is 1. The number of nitrogens with zero attached hydrogens (tertiary/aromatic N) is 3. The number of esters is 1. The summed E-state index contributed by atoms with van der Waals surface area (Å²) in [5, 5.41) is 11.0. The second-order valence-electron chi connectivity index (χ2n) is 7.24. The summed E-state index contributed by atoms with van der Waals surface area (Å²) in [6.45, 7) is 0. The second kappa shape index (κ2) is 8.84. The number of benzene rings is 3. The van der Waals surface area contributed by atoms with E-state index in [-0.39, 0.29) is 5.91 Å². The summed E-state index contributed by atoms with van der Waals surface area (Å²) in [5.41, 5.74) is 1.72. The van der Waals surface area contributed by atoms with Gasteiger partial charge in [0.1, 0.15) is 11.4 Å². The zero-order valence-electron chi connectivity index (χ0n) is 17.4. The van der Waals surface area contributed by atoms with E-state index < -0.39 is 12.1 Å². The molecular weight excluding hydrogens is 504 g/mol. The van der Waals surface area contributed by atoms with Gasteiger partial charge in [0.2, 0.25) is 0 Å². The Kier molecular flexibility index (Phi) is 5.74. The lowest BCUT2D eigenvalue weighted by molar-refractivity contribution is -0.116. The average molecular weight is 521 g/mol. The predicted octanol–water partition coefficient (Wildman–Crippen LogP) is 3.17. The Labute approximate surface area is 202 Å². The Morgan fingerprint density at radius 3 is 2.52 bits per heavy atom. The van der Waals surface area contributed by atoms with Crippen LogP contribution >= 0.6 is 27.7 Å². The van der Waals surface area contributed by atoms with Gasteiger partial charge in [-0.2, -0.15) is 0 Å². The van der Waals surface area contributed by atoms with Crippen LogP contribution in [0.5, 0.6) is 5.75 Å². The van der Waals surface area contributed by atoms with Crippen molar-refractivity contribution in [3.63, 3.8) is 0 Å². The van der Waals surface area contributed by atoms with Crippen molar-refractivity contribution in [2.45, 2.75) is 6.17 Å². The molecule has 0 aromatic heterocycles. The molecule has 0 aliphatic carbocycles. The zero-order valence-corrected chi connectivity index (χ0v) is 19.8. The second-order valence-corrected chi connectivity index (χ2v) is 8.95. The molecular formula is C24H17BrN4O3S. The van der Waals surface area contributed by atoms with Crippen molar-refractivity contribution in [1.82, 2.24) is 10.3 Å². The maximum atomic E-state index is 12.9. The fourth-order valence-corrected chi connectivity index (χ4v) is 4.23. The third kappa shape index (κ3) is 4.17. The Balaban J connectivity index is 1.47. The van der Waals surface area contributed by atoms with Crippen molar-refractivity contribution < 1.29 is 14.3 Å². The van der Waals surface area contributed by atoms with Crippen molar-refractivity contribution in [3.8, 4) is 5.75 Å². The number of nitrogens with one attached hydrogen (secondary N) is 1. The van der Waals surface area contributed by atoms with Gasteiger partial charge in [-0.15, -0.1) is 5.10 Å². The van der Waals surface area contributed by atoms with Crippen LogP contribution in [0.3, 0.4) is 0 Å². The minimum Gasteiger partial charge on any atom is -0.423 e. The first-order chi connectivity index (χ1) is 16.0. The zero-order chi connectivity index (χ0) is 22.9. The van der Waals surface area contributed by atoms with E-state index in [1.54, 1.807) is 41.4 Å². The number of carbonyl (C=O) groups is 2. The van der Waals surface area contributed by atoms with Crippen LogP contribution in [0.2, 0.25) is 0 Å². The smallest absolute Gasteiger partial charge is 0.343 e. The predicted molar refractivity (Wildman–Crippen MR) is 130 cm³/mol. The molecule has 164 valence electrons. The van der Waals surface area contributed by atoms with E-state index in [0.29, 0.717) is 22.2 Å². The molecule has 33 heavy (non-hydrogen) atoms. The highest BCUT2D eigenvalue weighted by Gasteiger charge is 2.34. The van der Waals surface area contributed by atoms with Crippen LogP contribution in [0, 0.1) is 0 Å². The number of amides is 1. The Bertz CT molecular complexity index is 1400. The minimum absolute atomic E-state index is 0.221. The molecule has 3 aromatic carbocycles. The first-order valence-electron chi connectivity index (χ1n) is 10.0. The molecule has 1 amide bonds. The largest absolute Gasteiger partial charge is 0.423 e. The molecule has 0 fully saturated rings. The van der Waals surface area contributed by atoms with E-state index in [2.05, 4.69) is 26.3 Å². The van der Waals surface area contributed by atoms with Crippen LogP contribution in [0.25, 0.3) is 5.70 Å². The van der Waals surface area contributed by atoms with E-state index in [9.17, 15) is 9.59 Å². The molecule has 3 aromatic rings. The van der Waals surface area contributed by atoms with Gasteiger partial charge in [0.15, 0.2) is 11.3 Å². The maximum Gasteiger partial charge on any atom is 0.343 e. The van der Waals surface area contributed by atoms with Crippen LogP contribution < -0.4 is 20.6 Å². The van der Waals surface area contributed by atoms with E-state index >= 15 is 0 Å². The van der Waals surface area contributed by atoms with Crippen LogP contribution in [0.15, 0.2) is 87.4 Å². The standard InChI is InChI=1S/C24H17BrN4O3S/c1-33-24-27-22(30)20-18-4-2-3-5-19(18)26-21(29(20)28-24)14-8-12-17(13-9-14)32-23(31)15-6-10-16(25)11-7-15/h2-13,21H,1H3,(H,27,28,30)/t21-/m1/s1. The van der Waals surface area contributed by atoms with Crippen molar-refractivity contribution in [1.29, 1.82) is 0 Å². The number of halogens is 1. The van der Waals surface area contributed by atoms with E-state index in [0.717, 1.165) is 20.6 Å². The number of carbonyl (C=O) groups excluding carboxylic acids is 2. The fraction of sp³-hybridized carbons (Fsp3) is 0.0833. The molecule has 0 unspecified atom stereocenters. The Morgan fingerprint density at radius 1 is 1.06 bits per heavy atom. The SMILES string of the molecule is CSC1=NN2C(=c3ccccc3=N[C@H]2c2ccc(OC(=O)c3ccc(Br)cc3)cc2)C(=O)N1. The van der Waals surface area contributed by atoms with Crippen molar-refractivity contribution in [3.05, 3.63) is 99.0 Å². The number of thioether (sulfide) groups is 1. The normalized spacial score (nSPS) is 16.7. The van der Waals surface area contributed by atoms with Gasteiger partial charge in [-0.3, -0.25) is 15.1 Å². The molecule has 0 saturated carbocycles. The van der Waals surface area contributed by atoms with Gasteiger partial charge in [-0.05, 0) is 54.3 Å². The summed E-state index contributed by atoms with van der Waals surface area (Å²) in [7, 11) is 0. The number of fused-ring (bicyclic) bond motifs is 2. The lowest BCUT2D eigenvalue weighted by atomic mass is 10.1. The summed E-state index contributed by atoms with van der Waals surface area (Å²) in [6, 6.07) is 21.5. The van der Waals surface area contributed by atoms with Crippen LogP contribution in [-0.4, -0.2) is 28.3 Å². The van der Waals surface area contributed by atoms with E-state index in [1.165, 1.54) is 11.8 Å². The van der Waals surface area contributed by atoms with Crippen molar-refractivity contribution >= 4 is 50.4 Å². The fourth-order valence-electron chi connectivity index (χ4n) is 3.60. The molecule has 0 saturated heterocycles. The highest BCUT2D eigenvalue weighted by molar-refractivity contribution is 9.10. The first-order valence-corrected chi connectivity index (χ1v) is 12.0. The van der Waals surface area contributed by atoms with Gasteiger partial charge in [0.25, 0.3) is 5.91 Å². The van der Waals surface area contributed by atoms with Gasteiger partial charge < -0.3 is 4.74 Å². The summed E-state index contributed by atoms with van der Waals surface area (Å²) in [6.07, 6.45) is 1.32. The van der Waals surface area contributed by atoms with Gasteiger partial charge in [0, 0.05) is 9.69 Å². The summed E-state index contributed by atoms with van der Waals surface area (Å²) >= 11 is 4.70. The summed E-state index contributed by atoms with van der Waals surface area (Å²) < 4.78 is 6.38. The molecule has 2 aliphatic heterocycles. The molecule has 1 atom stereocenters. The number of rotatable bonds is 3. The van der Waals surface area contributed by atoms with Gasteiger partial charge in [-0.25, -0.2) is 9.80 Å². The highest BCUT2D eigenvalue weighted by Crippen LogP contribution is 2.31. The van der Waals surface area contributed by atoms with Crippen LogP contribution in [-0.2, 0) is 4.79 Å². The minimum atomic E-state index is -0.528. The molecule has 9 heteroatoms. The molecule has 5 rings (SSSR count). The molecule has 0 spiro atoms. The topological polar surface area (TPSA) is 83.4 Å². The third-order valence-electron chi connectivity index (χ3n) is 5.18. The van der Waals surface area contributed by atoms with Gasteiger partial charge in [-0.1, -0.05) is 58.0 Å². The Hall–Kier alpha value is -3.43. The number of ether oxygens (including phenoxy) is 1. The lowest BCUT2D eigenvalue weighted by Gasteiger charge is -2.33. The number of hydrogen-bond donors (Lipinski definition) is 1. The average Bonchev–Trinajstić information content (AvgIpc) is 2.84. The lowest BCUT2D eigenvalue weighted by Crippen LogP contribution is -2.50. The summed E-state index contributed by atoms with van der Waals surface area (Å²) in [4.78, 5) is 30.1. The molecule has 0 radical (unpaired) electrons. The number of para-hydroxylation sites is 1. The molecule has 7 nitrogen and oxygen atoms in total. The molecule has 2 heterocycles. The van der Waals surface area contributed by atoms with Crippen molar-refractivity contribution in [2.24, 2.45) is 10.1 Å². The molecule has 1 N–H and O–H groups in total. The van der Waals surface area contributed by atoms with E-state index in [4.69, 9.17) is 9.73 Å². The Morgan fingerprint density at radius 2 is 1.79 bits per heavy atom. The van der Waals surface area contributed by atoms with E-state index in [1.807, 2.05) is 42.7 Å². The monoisotopic (exact) mass is 520 g/mol. The quantitative estimate of drug-likeness (QED) is 0.423. The van der Waals surface area contributed by atoms with Crippen molar-refractivity contribution in [2.75, 3.05) is 6.26 Å². The van der Waals surface area contributed by atoms with Gasteiger partial charge >= 0.3 is 5.97 Å². The number of hydrogen-bond acceptors (Lipinski definition) is 7.